The highest BCUT2D eigenvalue weighted by Gasteiger charge is 2.37. The van der Waals surface area contributed by atoms with Gasteiger partial charge >= 0.3 is 6.18 Å². The highest BCUT2D eigenvalue weighted by Crippen LogP contribution is 2.37. The maximum Gasteiger partial charge on any atom is 0.417 e. The van der Waals surface area contributed by atoms with Crippen LogP contribution in [-0.2, 0) is 20.8 Å². The molecule has 6 nitrogen and oxygen atoms in total. The van der Waals surface area contributed by atoms with Gasteiger partial charge in [-0.2, -0.15) is 13.2 Å². The molecule has 2 aliphatic rings. The molecule has 1 amide bonds. The van der Waals surface area contributed by atoms with Crippen molar-refractivity contribution >= 4 is 33.0 Å². The number of hydrogen-bond donors (Lipinski definition) is 1. The summed E-state index contributed by atoms with van der Waals surface area (Å²) in [6.07, 6.45) is -1.28. The Balaban J connectivity index is 1.56. The lowest BCUT2D eigenvalue weighted by molar-refractivity contribution is -0.139. The molecule has 1 fully saturated rings. The van der Waals surface area contributed by atoms with Crippen LogP contribution in [0.1, 0.15) is 29.9 Å². The first-order valence-corrected chi connectivity index (χ1v) is 14.0. The van der Waals surface area contributed by atoms with Crippen LogP contribution in [0.5, 0.6) is 0 Å². The number of carbonyl (C=O) groups excluding carboxylic acids is 1. The molecule has 0 spiro atoms. The van der Waals surface area contributed by atoms with Crippen LogP contribution in [0.4, 0.5) is 23.2 Å². The molecule has 0 atom stereocenters. The summed E-state index contributed by atoms with van der Waals surface area (Å²) in [6, 6.07) is 9.09. The van der Waals surface area contributed by atoms with Crippen LogP contribution in [0.15, 0.2) is 69.9 Å². The van der Waals surface area contributed by atoms with Gasteiger partial charge in [0.25, 0.3) is 5.91 Å². The molecule has 0 aromatic heterocycles. The minimum atomic E-state index is -4.91. The lowest BCUT2D eigenvalue weighted by Gasteiger charge is -2.35. The third kappa shape index (κ3) is 6.15. The fraction of sp³-hybridized carbons (Fsp3) is 0.346. The maximum absolute atomic E-state index is 13.7. The number of likely N-dealkylation sites (tertiary alicyclic amines) is 1. The second-order valence-corrected chi connectivity index (χ2v) is 11.9. The smallest absolute Gasteiger partial charge is 0.374 e. The first-order chi connectivity index (χ1) is 17.7. The fourth-order valence-electron chi connectivity index (χ4n) is 4.69. The van der Waals surface area contributed by atoms with Crippen LogP contribution in [0.3, 0.4) is 0 Å². The Morgan fingerprint density at radius 1 is 1.08 bits per heavy atom. The summed E-state index contributed by atoms with van der Waals surface area (Å²) in [5, 5.41) is 3.05. The number of nitrogens with zero attached hydrogens (tertiary/aromatic N) is 2. The summed E-state index contributed by atoms with van der Waals surface area (Å²) in [5.41, 5.74) is -0.0238. The second kappa shape index (κ2) is 10.6. The van der Waals surface area contributed by atoms with Crippen LogP contribution < -0.4 is 5.32 Å². The van der Waals surface area contributed by atoms with Crippen molar-refractivity contribution in [3.05, 3.63) is 81.9 Å². The average molecular weight is 572 g/mol. The van der Waals surface area contributed by atoms with E-state index in [0.717, 1.165) is 11.6 Å². The van der Waals surface area contributed by atoms with Gasteiger partial charge in [0, 0.05) is 38.3 Å². The SMILES string of the molecule is CN1C=C(C(=O)N2CCC(c3ccc(F)cc3)CC2)C(Nc2ccc(S(C)(=O)=O)c(C(F)(F)F)c2)=C(Cl)C1. The first kappa shape index (κ1) is 28.0. The van der Waals surface area contributed by atoms with E-state index in [9.17, 15) is 30.8 Å². The molecule has 1 saturated heterocycles. The highest BCUT2D eigenvalue weighted by atomic mass is 35.5. The zero-order chi connectivity index (χ0) is 27.8. The molecule has 2 aromatic carbocycles. The summed E-state index contributed by atoms with van der Waals surface area (Å²) in [4.78, 5) is 16.0. The van der Waals surface area contributed by atoms with E-state index in [4.69, 9.17) is 11.6 Å². The van der Waals surface area contributed by atoms with E-state index in [1.165, 1.54) is 18.2 Å². The third-order valence-corrected chi connectivity index (χ3v) is 8.05. The van der Waals surface area contributed by atoms with Crippen LogP contribution in [0.2, 0.25) is 0 Å². The minimum absolute atomic E-state index is 0.0591. The normalized spacial score (nSPS) is 17.5. The third-order valence-electron chi connectivity index (χ3n) is 6.59. The summed E-state index contributed by atoms with van der Waals surface area (Å²) in [7, 11) is -2.42. The van der Waals surface area contributed by atoms with Crippen molar-refractivity contribution in [3.8, 4) is 0 Å². The molecule has 0 aliphatic carbocycles. The van der Waals surface area contributed by atoms with Gasteiger partial charge in [0.2, 0.25) is 0 Å². The number of halogens is 5. The maximum atomic E-state index is 13.7. The quantitative estimate of drug-likeness (QED) is 0.490. The van der Waals surface area contributed by atoms with E-state index in [0.29, 0.717) is 38.3 Å². The monoisotopic (exact) mass is 571 g/mol. The van der Waals surface area contributed by atoms with Gasteiger partial charge in [-0.25, -0.2) is 12.8 Å². The molecular weight excluding hydrogens is 546 g/mol. The molecule has 0 radical (unpaired) electrons. The number of hydrogen-bond acceptors (Lipinski definition) is 5. The van der Waals surface area contributed by atoms with Crippen molar-refractivity contribution in [2.24, 2.45) is 0 Å². The summed E-state index contributed by atoms with van der Waals surface area (Å²) >= 11 is 6.47. The number of amides is 1. The number of likely N-dealkylation sites (N-methyl/N-ethyl adjacent to an activating group) is 1. The zero-order valence-electron chi connectivity index (χ0n) is 20.6. The predicted octanol–water partition coefficient (Wildman–Crippen LogP) is 5.35. The molecule has 2 aromatic rings. The van der Waals surface area contributed by atoms with Crippen molar-refractivity contribution in [2.45, 2.75) is 29.8 Å². The molecule has 38 heavy (non-hydrogen) atoms. The minimum Gasteiger partial charge on any atom is -0.374 e. The van der Waals surface area contributed by atoms with Gasteiger partial charge in [-0.1, -0.05) is 23.7 Å². The lowest BCUT2D eigenvalue weighted by Crippen LogP contribution is -2.41. The van der Waals surface area contributed by atoms with Gasteiger partial charge in [-0.05, 0) is 54.7 Å². The van der Waals surface area contributed by atoms with Crippen molar-refractivity contribution < 1.29 is 30.8 Å². The molecular formula is C26H26ClF4N3O3S. The van der Waals surface area contributed by atoms with Gasteiger partial charge in [0.15, 0.2) is 9.84 Å². The Morgan fingerprint density at radius 3 is 2.29 bits per heavy atom. The van der Waals surface area contributed by atoms with E-state index in [-0.39, 0.29) is 46.2 Å². The molecule has 1 N–H and O–H groups in total. The molecule has 2 heterocycles. The number of piperidine rings is 1. The number of carbonyl (C=O) groups is 1. The largest absolute Gasteiger partial charge is 0.417 e. The number of nitrogens with one attached hydrogen (secondary N) is 1. The van der Waals surface area contributed by atoms with E-state index >= 15 is 0 Å². The Kier molecular flexibility index (Phi) is 7.81. The van der Waals surface area contributed by atoms with Gasteiger partial charge in [-0.15, -0.1) is 0 Å². The van der Waals surface area contributed by atoms with Gasteiger partial charge in [-0.3, -0.25) is 4.79 Å². The molecule has 2 aliphatic heterocycles. The Hall–Kier alpha value is -3.05. The van der Waals surface area contributed by atoms with Crippen LogP contribution >= 0.6 is 11.6 Å². The van der Waals surface area contributed by atoms with Gasteiger partial charge in [0.1, 0.15) is 5.82 Å². The van der Waals surface area contributed by atoms with Crippen LogP contribution in [0.25, 0.3) is 0 Å². The van der Waals surface area contributed by atoms with Crippen molar-refractivity contribution in [1.29, 1.82) is 0 Å². The van der Waals surface area contributed by atoms with E-state index in [1.807, 2.05) is 0 Å². The fourth-order valence-corrected chi connectivity index (χ4v) is 5.92. The van der Waals surface area contributed by atoms with E-state index in [2.05, 4.69) is 5.32 Å². The number of benzene rings is 2. The number of anilines is 1. The Labute approximate surface area is 223 Å². The number of alkyl halides is 3. The molecule has 4 rings (SSSR count). The van der Waals surface area contributed by atoms with Crippen molar-refractivity contribution in [1.82, 2.24) is 9.80 Å². The van der Waals surface area contributed by atoms with Crippen LogP contribution in [-0.4, -0.2) is 57.1 Å². The predicted molar refractivity (Wildman–Crippen MR) is 137 cm³/mol. The van der Waals surface area contributed by atoms with Crippen LogP contribution in [0, 0.1) is 5.82 Å². The topological polar surface area (TPSA) is 69.7 Å². The number of sulfone groups is 1. The summed E-state index contributed by atoms with van der Waals surface area (Å²) in [5.74, 6) is -0.473. The number of rotatable bonds is 5. The van der Waals surface area contributed by atoms with E-state index in [1.54, 1.807) is 35.2 Å². The average Bonchev–Trinajstić information content (AvgIpc) is 2.84. The Morgan fingerprint density at radius 2 is 1.71 bits per heavy atom. The van der Waals surface area contributed by atoms with E-state index < -0.39 is 26.5 Å². The van der Waals surface area contributed by atoms with Gasteiger partial charge in [0.05, 0.1) is 33.3 Å². The van der Waals surface area contributed by atoms with Crippen molar-refractivity contribution in [3.63, 3.8) is 0 Å². The lowest BCUT2D eigenvalue weighted by atomic mass is 9.89. The zero-order valence-corrected chi connectivity index (χ0v) is 22.2. The molecule has 0 unspecified atom stereocenters. The first-order valence-electron chi connectivity index (χ1n) is 11.8. The summed E-state index contributed by atoms with van der Waals surface area (Å²) < 4.78 is 78.1. The standard InChI is InChI=1S/C26H26ClF4N3O3S/c1-33-14-20(25(35)34-11-9-17(10-12-34)16-3-5-18(28)6-4-16)24(22(27)15-33)32-19-7-8-23(38(2,36)37)21(13-19)26(29,30)31/h3-8,13-14,17,32H,9-12,15H2,1-2H3. The van der Waals surface area contributed by atoms with Crippen molar-refractivity contribution in [2.75, 3.05) is 38.3 Å². The Bertz CT molecular complexity index is 1400. The highest BCUT2D eigenvalue weighted by molar-refractivity contribution is 7.90. The second-order valence-electron chi connectivity index (χ2n) is 9.46. The molecule has 0 bridgehead atoms. The molecule has 12 heteroatoms. The summed E-state index contributed by atoms with van der Waals surface area (Å²) in [6.45, 7) is 1.10. The molecule has 0 saturated carbocycles. The molecule has 204 valence electrons. The van der Waals surface area contributed by atoms with Gasteiger partial charge < -0.3 is 15.1 Å².